The summed E-state index contributed by atoms with van der Waals surface area (Å²) in [5, 5.41) is 18.4. The van der Waals surface area contributed by atoms with Crippen molar-refractivity contribution in [2.24, 2.45) is 0 Å². The molecular formula is C14H13NO5. The molecule has 0 aliphatic heterocycles. The zero-order chi connectivity index (χ0) is 14.5. The van der Waals surface area contributed by atoms with Crippen LogP contribution in [0.3, 0.4) is 0 Å². The Labute approximate surface area is 115 Å². The van der Waals surface area contributed by atoms with E-state index < -0.39 is 11.2 Å². The molecule has 0 radical (unpaired) electrons. The average molecular weight is 275 g/mol. The molecule has 0 aromatic heterocycles. The molecule has 0 aliphatic carbocycles. The predicted octanol–water partition coefficient (Wildman–Crippen LogP) is 1.32. The maximum absolute atomic E-state index is 11.8. The molecule has 104 valence electrons. The fourth-order valence-electron chi connectivity index (χ4n) is 1.56. The summed E-state index contributed by atoms with van der Waals surface area (Å²) >= 11 is 0. The molecular weight excluding hydrogens is 262 g/mol. The summed E-state index contributed by atoms with van der Waals surface area (Å²) in [5.41, 5.74) is 0.400. The van der Waals surface area contributed by atoms with Gasteiger partial charge in [0.05, 0.1) is 12.7 Å². The first-order valence-electron chi connectivity index (χ1n) is 5.80. The van der Waals surface area contributed by atoms with Gasteiger partial charge < -0.3 is 14.7 Å². The minimum Gasteiger partial charge on any atom is -0.595 e. The molecule has 6 heteroatoms. The molecule has 0 heterocycles. The van der Waals surface area contributed by atoms with Gasteiger partial charge in [-0.15, -0.1) is 0 Å². The van der Waals surface area contributed by atoms with Crippen molar-refractivity contribution in [3.63, 3.8) is 0 Å². The van der Waals surface area contributed by atoms with Gasteiger partial charge in [0.25, 0.3) is 0 Å². The summed E-state index contributed by atoms with van der Waals surface area (Å²) in [6.45, 7) is 0. The van der Waals surface area contributed by atoms with E-state index >= 15 is 0 Å². The van der Waals surface area contributed by atoms with Gasteiger partial charge in [-0.1, -0.05) is 0 Å². The number of benzene rings is 2. The van der Waals surface area contributed by atoms with E-state index in [-0.39, 0.29) is 11.3 Å². The van der Waals surface area contributed by atoms with E-state index in [1.807, 2.05) is 0 Å². The summed E-state index contributed by atoms with van der Waals surface area (Å²) < 4.78 is 10.2. The van der Waals surface area contributed by atoms with Crippen LogP contribution in [0, 0.1) is 5.21 Å². The molecule has 1 atom stereocenters. The van der Waals surface area contributed by atoms with Crippen LogP contribution in [0.4, 0.5) is 5.69 Å². The molecule has 2 rings (SSSR count). The third-order valence-electron chi connectivity index (χ3n) is 2.64. The normalized spacial score (nSPS) is 11.8. The highest BCUT2D eigenvalue weighted by molar-refractivity contribution is 5.91. The number of carbonyl (C=O) groups is 1. The Bertz CT molecular complexity index is 578. The van der Waals surface area contributed by atoms with Crippen molar-refractivity contribution in [3.05, 3.63) is 59.3 Å². The lowest BCUT2D eigenvalue weighted by molar-refractivity contribution is -0.991. The summed E-state index contributed by atoms with van der Waals surface area (Å²) in [6.07, 6.45) is 0. The Morgan fingerprint density at radius 2 is 1.60 bits per heavy atom. The Balaban J connectivity index is 2.07. The molecule has 2 N–H and O–H groups in total. The van der Waals surface area contributed by atoms with Crippen molar-refractivity contribution < 1.29 is 24.7 Å². The average Bonchev–Trinajstić information content (AvgIpc) is 2.48. The summed E-state index contributed by atoms with van der Waals surface area (Å²) in [7, 11) is 1.55. The maximum Gasteiger partial charge on any atom is 0.343 e. The smallest absolute Gasteiger partial charge is 0.343 e. The number of ether oxygens (including phenoxy) is 2. The lowest BCUT2D eigenvalue weighted by Crippen LogP contribution is -2.99. The first kappa shape index (κ1) is 14.0. The van der Waals surface area contributed by atoms with Crippen LogP contribution in [0.25, 0.3) is 0 Å². The predicted molar refractivity (Wildman–Crippen MR) is 70.2 cm³/mol. The molecule has 1 unspecified atom stereocenters. The third-order valence-corrected chi connectivity index (χ3v) is 2.64. The van der Waals surface area contributed by atoms with Crippen LogP contribution in [0.1, 0.15) is 10.4 Å². The SMILES string of the molecule is COc1ccc(OC(=O)c2ccc([NH+]([O-])O)cc2)cc1. The van der Waals surface area contributed by atoms with Gasteiger partial charge in [0.1, 0.15) is 11.5 Å². The largest absolute Gasteiger partial charge is 0.595 e. The number of rotatable bonds is 4. The summed E-state index contributed by atoms with van der Waals surface area (Å²) in [4.78, 5) is 11.8. The molecule has 2 aromatic carbocycles. The number of nitrogens with one attached hydrogen (secondary N) is 1. The van der Waals surface area contributed by atoms with Gasteiger partial charge in [-0.3, -0.25) is 0 Å². The van der Waals surface area contributed by atoms with Gasteiger partial charge >= 0.3 is 5.97 Å². The number of carbonyl (C=O) groups excluding carboxylic acids is 1. The Hall–Kier alpha value is -2.41. The molecule has 0 fully saturated rings. The minimum absolute atomic E-state index is 0.117. The molecule has 0 spiro atoms. The number of esters is 1. The molecule has 0 saturated carbocycles. The zero-order valence-electron chi connectivity index (χ0n) is 10.7. The second-order valence-corrected chi connectivity index (χ2v) is 3.95. The molecule has 2 aromatic rings. The lowest BCUT2D eigenvalue weighted by atomic mass is 10.2. The highest BCUT2D eigenvalue weighted by Crippen LogP contribution is 2.18. The second-order valence-electron chi connectivity index (χ2n) is 3.95. The topological polar surface area (TPSA) is 83.3 Å². The Morgan fingerprint density at radius 1 is 1.05 bits per heavy atom. The van der Waals surface area contributed by atoms with Crippen LogP contribution < -0.4 is 14.7 Å². The van der Waals surface area contributed by atoms with Crippen LogP contribution in [0.5, 0.6) is 11.5 Å². The number of hydrogen-bond acceptors (Lipinski definition) is 5. The van der Waals surface area contributed by atoms with E-state index in [2.05, 4.69) is 0 Å². The number of quaternary nitrogens is 1. The molecule has 0 saturated heterocycles. The van der Waals surface area contributed by atoms with Crippen molar-refractivity contribution >= 4 is 11.7 Å². The van der Waals surface area contributed by atoms with Crippen LogP contribution in [0.2, 0.25) is 0 Å². The zero-order valence-corrected chi connectivity index (χ0v) is 10.7. The standard InChI is InChI=1S/C14H13NO5/c1-19-12-6-8-13(9-7-12)20-14(16)10-2-4-11(5-3-10)15(17)18/h2-9,15,17H,1H3. The molecule has 0 bridgehead atoms. The van der Waals surface area contributed by atoms with Crippen molar-refractivity contribution in [1.82, 2.24) is 0 Å². The van der Waals surface area contributed by atoms with Crippen molar-refractivity contribution in [1.29, 1.82) is 0 Å². The Morgan fingerprint density at radius 3 is 2.10 bits per heavy atom. The fourth-order valence-corrected chi connectivity index (χ4v) is 1.56. The van der Waals surface area contributed by atoms with E-state index in [1.165, 1.54) is 24.3 Å². The molecule has 6 nitrogen and oxygen atoms in total. The summed E-state index contributed by atoms with van der Waals surface area (Å²) in [5.74, 6) is 0.501. The van der Waals surface area contributed by atoms with Crippen LogP contribution in [0.15, 0.2) is 48.5 Å². The van der Waals surface area contributed by atoms with Crippen LogP contribution in [-0.2, 0) is 0 Å². The van der Waals surface area contributed by atoms with E-state index in [0.717, 1.165) is 0 Å². The van der Waals surface area contributed by atoms with Gasteiger partial charge in [0, 0.05) is 12.1 Å². The molecule has 0 aliphatic rings. The first-order chi connectivity index (χ1) is 9.60. The first-order valence-corrected chi connectivity index (χ1v) is 5.80. The minimum atomic E-state index is -1.04. The molecule has 0 amide bonds. The van der Waals surface area contributed by atoms with Gasteiger partial charge in [0.2, 0.25) is 0 Å². The van der Waals surface area contributed by atoms with Gasteiger partial charge in [-0.05, 0) is 36.4 Å². The van der Waals surface area contributed by atoms with Gasteiger partial charge in [-0.25, -0.2) is 10.0 Å². The summed E-state index contributed by atoms with van der Waals surface area (Å²) in [6, 6.07) is 12.1. The molecule has 20 heavy (non-hydrogen) atoms. The fraction of sp³-hybridized carbons (Fsp3) is 0.0714. The lowest BCUT2D eigenvalue weighted by Gasteiger charge is -2.11. The van der Waals surface area contributed by atoms with Crippen molar-refractivity contribution in [2.45, 2.75) is 0 Å². The maximum atomic E-state index is 11.8. The van der Waals surface area contributed by atoms with Gasteiger partial charge in [-0.2, -0.15) is 5.23 Å². The van der Waals surface area contributed by atoms with Gasteiger partial charge in [0.15, 0.2) is 5.69 Å². The third kappa shape index (κ3) is 3.33. The monoisotopic (exact) mass is 275 g/mol. The van der Waals surface area contributed by atoms with E-state index in [1.54, 1.807) is 31.4 Å². The van der Waals surface area contributed by atoms with E-state index in [4.69, 9.17) is 14.7 Å². The van der Waals surface area contributed by atoms with E-state index in [9.17, 15) is 10.0 Å². The van der Waals surface area contributed by atoms with Crippen LogP contribution in [-0.4, -0.2) is 18.3 Å². The van der Waals surface area contributed by atoms with Crippen LogP contribution >= 0.6 is 0 Å². The quantitative estimate of drug-likeness (QED) is 0.499. The van der Waals surface area contributed by atoms with E-state index in [0.29, 0.717) is 11.5 Å². The van der Waals surface area contributed by atoms with Crippen molar-refractivity contribution in [2.75, 3.05) is 7.11 Å². The second kappa shape index (κ2) is 6.16. The number of hydrogen-bond donors (Lipinski definition) is 2. The number of methoxy groups -OCH3 is 1. The Kier molecular flexibility index (Phi) is 4.31. The highest BCUT2D eigenvalue weighted by Gasteiger charge is 2.10. The highest BCUT2D eigenvalue weighted by atomic mass is 16.8. The van der Waals surface area contributed by atoms with Crippen molar-refractivity contribution in [3.8, 4) is 11.5 Å².